The molecule has 1 aliphatic rings. The third-order valence-electron chi connectivity index (χ3n) is 5.69. The van der Waals surface area contributed by atoms with E-state index in [-0.39, 0.29) is 6.04 Å². The Morgan fingerprint density at radius 2 is 2.10 bits per heavy atom. The maximum absolute atomic E-state index is 5.73. The minimum Gasteiger partial charge on any atom is -0.468 e. The van der Waals surface area contributed by atoms with Crippen molar-refractivity contribution in [1.82, 2.24) is 25.3 Å². The van der Waals surface area contributed by atoms with Gasteiger partial charge in [-0.2, -0.15) is 5.10 Å². The van der Waals surface area contributed by atoms with Gasteiger partial charge in [0, 0.05) is 31.5 Å². The maximum Gasteiger partial charge on any atom is 0.191 e. The second-order valence-electron chi connectivity index (χ2n) is 7.72. The van der Waals surface area contributed by atoms with Crippen LogP contribution in [0.4, 0.5) is 0 Å². The van der Waals surface area contributed by atoms with Gasteiger partial charge in [-0.3, -0.25) is 9.58 Å². The van der Waals surface area contributed by atoms with Crippen LogP contribution >= 0.6 is 0 Å². The highest BCUT2D eigenvalue weighted by molar-refractivity contribution is 5.79. The monoisotopic (exact) mass is 416 g/mol. The van der Waals surface area contributed by atoms with Gasteiger partial charge in [0.05, 0.1) is 37.7 Å². The van der Waals surface area contributed by atoms with Crippen molar-refractivity contribution >= 4 is 5.96 Å². The van der Waals surface area contributed by atoms with Crippen molar-refractivity contribution in [3.8, 4) is 0 Å². The first-order valence-electron chi connectivity index (χ1n) is 11.0. The van der Waals surface area contributed by atoms with Gasteiger partial charge in [-0.1, -0.05) is 0 Å². The number of ether oxygens (including phenoxy) is 1. The summed E-state index contributed by atoms with van der Waals surface area (Å²) in [6.45, 7) is 12.0. The lowest BCUT2D eigenvalue weighted by molar-refractivity contribution is 0.182. The molecule has 1 unspecified atom stereocenters. The normalized spacial score (nSPS) is 16.2. The molecule has 1 atom stereocenters. The zero-order valence-corrected chi connectivity index (χ0v) is 18.8. The molecule has 0 saturated carbocycles. The smallest absolute Gasteiger partial charge is 0.191 e. The Morgan fingerprint density at radius 3 is 2.77 bits per heavy atom. The van der Waals surface area contributed by atoms with Gasteiger partial charge >= 0.3 is 0 Å². The number of methoxy groups -OCH3 is 1. The molecular weight excluding hydrogens is 380 g/mol. The highest BCUT2D eigenvalue weighted by Crippen LogP contribution is 2.24. The number of furan rings is 1. The zero-order chi connectivity index (χ0) is 21.3. The summed E-state index contributed by atoms with van der Waals surface area (Å²) in [6.07, 6.45) is 4.25. The van der Waals surface area contributed by atoms with Crippen LogP contribution in [0, 0.1) is 13.8 Å². The summed E-state index contributed by atoms with van der Waals surface area (Å²) in [4.78, 5) is 7.33. The van der Waals surface area contributed by atoms with Gasteiger partial charge in [0.1, 0.15) is 5.76 Å². The molecule has 3 rings (SSSR count). The summed E-state index contributed by atoms with van der Waals surface area (Å²) >= 11 is 0. The molecule has 0 bridgehead atoms. The van der Waals surface area contributed by atoms with Crippen molar-refractivity contribution in [1.29, 1.82) is 0 Å². The van der Waals surface area contributed by atoms with E-state index in [0.29, 0.717) is 13.2 Å². The van der Waals surface area contributed by atoms with Crippen molar-refractivity contribution in [3.63, 3.8) is 0 Å². The lowest BCUT2D eigenvalue weighted by Gasteiger charge is -2.26. The second kappa shape index (κ2) is 11.2. The predicted octanol–water partition coefficient (Wildman–Crippen LogP) is 2.63. The van der Waals surface area contributed by atoms with Gasteiger partial charge in [0.2, 0.25) is 0 Å². The van der Waals surface area contributed by atoms with E-state index in [4.69, 9.17) is 14.1 Å². The van der Waals surface area contributed by atoms with E-state index in [2.05, 4.69) is 40.5 Å². The first-order chi connectivity index (χ1) is 14.6. The number of likely N-dealkylation sites (tertiary alicyclic amines) is 1. The van der Waals surface area contributed by atoms with Crippen LogP contribution in [0.5, 0.6) is 0 Å². The van der Waals surface area contributed by atoms with E-state index in [0.717, 1.165) is 55.8 Å². The Balaban J connectivity index is 1.67. The zero-order valence-electron chi connectivity index (χ0n) is 18.8. The quantitative estimate of drug-likeness (QED) is 0.458. The molecule has 30 heavy (non-hydrogen) atoms. The first-order valence-corrected chi connectivity index (χ1v) is 11.0. The first kappa shape index (κ1) is 22.4. The minimum absolute atomic E-state index is 0.214. The second-order valence-corrected chi connectivity index (χ2v) is 7.72. The molecule has 0 radical (unpaired) electrons. The third kappa shape index (κ3) is 5.64. The van der Waals surface area contributed by atoms with E-state index in [1.807, 2.05) is 17.7 Å². The summed E-state index contributed by atoms with van der Waals surface area (Å²) in [5, 5.41) is 11.5. The fourth-order valence-corrected chi connectivity index (χ4v) is 4.00. The summed E-state index contributed by atoms with van der Waals surface area (Å²) in [6, 6.07) is 4.24. The number of aromatic nitrogens is 2. The number of nitrogens with one attached hydrogen (secondary N) is 2. The van der Waals surface area contributed by atoms with Crippen molar-refractivity contribution in [2.24, 2.45) is 4.99 Å². The van der Waals surface area contributed by atoms with Crippen molar-refractivity contribution in [3.05, 3.63) is 41.1 Å². The molecule has 3 heterocycles. The van der Waals surface area contributed by atoms with Gasteiger partial charge in [-0.05, 0) is 58.8 Å². The average Bonchev–Trinajstić information content (AvgIpc) is 3.49. The molecule has 8 nitrogen and oxygen atoms in total. The molecule has 2 aromatic rings. The summed E-state index contributed by atoms with van der Waals surface area (Å²) < 4.78 is 12.9. The Morgan fingerprint density at radius 1 is 1.30 bits per heavy atom. The largest absolute Gasteiger partial charge is 0.468 e. The molecule has 0 aliphatic carbocycles. The standard InChI is InChI=1S/C22H36N6O2/c1-5-23-22(24-15-19-17(2)26-28(18(19)3)12-14-29-4)25-16-20(21-9-8-13-30-21)27-10-6-7-11-27/h8-9,13,20H,5-7,10-12,14-16H2,1-4H3,(H2,23,24,25). The van der Waals surface area contributed by atoms with Crippen molar-refractivity contribution in [2.45, 2.75) is 52.7 Å². The number of guanidine groups is 1. The van der Waals surface area contributed by atoms with E-state index in [1.165, 1.54) is 18.4 Å². The maximum atomic E-state index is 5.73. The summed E-state index contributed by atoms with van der Waals surface area (Å²) in [7, 11) is 1.71. The van der Waals surface area contributed by atoms with Gasteiger partial charge in [0.25, 0.3) is 0 Å². The molecular formula is C22H36N6O2. The van der Waals surface area contributed by atoms with E-state index < -0.39 is 0 Å². The lowest BCUT2D eigenvalue weighted by atomic mass is 10.2. The average molecular weight is 417 g/mol. The summed E-state index contributed by atoms with van der Waals surface area (Å²) in [5.74, 6) is 1.82. The summed E-state index contributed by atoms with van der Waals surface area (Å²) in [5.41, 5.74) is 3.34. The van der Waals surface area contributed by atoms with Gasteiger partial charge in [-0.15, -0.1) is 0 Å². The number of hydrogen-bond donors (Lipinski definition) is 2. The van der Waals surface area contributed by atoms with Crippen LogP contribution in [-0.4, -0.2) is 60.5 Å². The molecule has 2 aromatic heterocycles. The lowest BCUT2D eigenvalue weighted by Crippen LogP contribution is -2.42. The van der Waals surface area contributed by atoms with Crippen LogP contribution in [0.1, 0.15) is 48.5 Å². The topological polar surface area (TPSA) is 79.8 Å². The van der Waals surface area contributed by atoms with E-state index in [1.54, 1.807) is 13.4 Å². The van der Waals surface area contributed by atoms with E-state index >= 15 is 0 Å². The van der Waals surface area contributed by atoms with Gasteiger partial charge in [0.15, 0.2) is 5.96 Å². The molecule has 166 valence electrons. The Bertz CT molecular complexity index is 793. The molecule has 1 aliphatic heterocycles. The molecule has 1 saturated heterocycles. The molecule has 1 fully saturated rings. The Labute approximate surface area is 179 Å². The van der Waals surface area contributed by atoms with Crippen LogP contribution in [-0.2, 0) is 17.8 Å². The fraction of sp³-hybridized carbons (Fsp3) is 0.636. The van der Waals surface area contributed by atoms with Crippen LogP contribution in [0.2, 0.25) is 0 Å². The van der Waals surface area contributed by atoms with Crippen LogP contribution in [0.15, 0.2) is 27.8 Å². The highest BCUT2D eigenvalue weighted by Gasteiger charge is 2.25. The minimum atomic E-state index is 0.214. The number of aliphatic imine (C=N–C) groups is 1. The number of aryl methyl sites for hydroxylation is 1. The number of rotatable bonds is 10. The third-order valence-corrected chi connectivity index (χ3v) is 5.69. The SMILES string of the molecule is CCNC(=NCc1c(C)nn(CCOC)c1C)NCC(c1ccco1)N1CCCC1. The van der Waals surface area contributed by atoms with Crippen molar-refractivity contribution in [2.75, 3.05) is 39.9 Å². The predicted molar refractivity (Wildman–Crippen MR) is 119 cm³/mol. The van der Waals surface area contributed by atoms with Crippen LogP contribution < -0.4 is 10.6 Å². The molecule has 2 N–H and O–H groups in total. The fourth-order valence-electron chi connectivity index (χ4n) is 4.00. The Kier molecular flexibility index (Phi) is 8.33. The number of nitrogens with zero attached hydrogens (tertiary/aromatic N) is 4. The van der Waals surface area contributed by atoms with Crippen LogP contribution in [0.3, 0.4) is 0 Å². The molecule has 0 aromatic carbocycles. The molecule has 0 spiro atoms. The molecule has 8 heteroatoms. The van der Waals surface area contributed by atoms with Crippen molar-refractivity contribution < 1.29 is 9.15 Å². The van der Waals surface area contributed by atoms with Gasteiger partial charge in [-0.25, -0.2) is 4.99 Å². The van der Waals surface area contributed by atoms with Gasteiger partial charge < -0.3 is 19.8 Å². The molecule has 0 amide bonds. The Hall–Kier alpha value is -2.32. The highest BCUT2D eigenvalue weighted by atomic mass is 16.5. The van der Waals surface area contributed by atoms with E-state index in [9.17, 15) is 0 Å². The number of hydrogen-bond acceptors (Lipinski definition) is 5. The van der Waals surface area contributed by atoms with Crippen LogP contribution in [0.25, 0.3) is 0 Å².